The third kappa shape index (κ3) is 3.24. The molecule has 0 bridgehead atoms. The zero-order chi connectivity index (χ0) is 11.4. The van der Waals surface area contributed by atoms with Crippen molar-refractivity contribution < 1.29 is 14.7 Å². The first-order valence-corrected chi connectivity index (χ1v) is 4.96. The molecule has 82 valence electrons. The fourth-order valence-corrected chi connectivity index (χ4v) is 1.33. The molecule has 1 aliphatic rings. The predicted molar refractivity (Wildman–Crippen MR) is 51.7 cm³/mol. The number of rotatable bonds is 5. The van der Waals surface area contributed by atoms with E-state index in [0.29, 0.717) is 0 Å². The summed E-state index contributed by atoms with van der Waals surface area (Å²) in [7, 11) is 0. The molecule has 0 saturated heterocycles. The van der Waals surface area contributed by atoms with Gasteiger partial charge in [-0.15, -0.1) is 0 Å². The first-order chi connectivity index (χ1) is 7.06. The summed E-state index contributed by atoms with van der Waals surface area (Å²) >= 11 is 0. The minimum Gasteiger partial charge on any atom is -0.480 e. The van der Waals surface area contributed by atoms with E-state index in [0.717, 1.165) is 12.8 Å². The van der Waals surface area contributed by atoms with Crippen LogP contribution < -0.4 is 5.32 Å². The Hall–Kier alpha value is -1.57. The maximum Gasteiger partial charge on any atom is 0.326 e. The summed E-state index contributed by atoms with van der Waals surface area (Å²) in [6.45, 7) is 1.65. The third-order valence-corrected chi connectivity index (χ3v) is 2.49. The molecular formula is C10H14N2O3. The lowest BCUT2D eigenvalue weighted by molar-refractivity contribution is -0.143. The quantitative estimate of drug-likeness (QED) is 0.692. The summed E-state index contributed by atoms with van der Waals surface area (Å²) in [6, 6.07) is 0.960. The van der Waals surface area contributed by atoms with Gasteiger partial charge in [-0.3, -0.25) is 4.79 Å². The molecule has 1 amide bonds. The lowest BCUT2D eigenvalue weighted by Crippen LogP contribution is -2.45. The topological polar surface area (TPSA) is 90.2 Å². The second kappa shape index (κ2) is 4.78. The van der Waals surface area contributed by atoms with Crippen LogP contribution >= 0.6 is 0 Å². The van der Waals surface area contributed by atoms with E-state index in [9.17, 15) is 9.59 Å². The standard InChI is InChI=1S/C10H14N2O3/c1-6(4-5-11)8(10(14)15)12-9(13)7-2-3-7/h6-8H,2-4H2,1H3,(H,12,13)(H,14,15)/t6-,8+/m1/s1. The molecule has 1 aliphatic carbocycles. The van der Waals surface area contributed by atoms with Gasteiger partial charge in [0.2, 0.25) is 5.91 Å². The average Bonchev–Trinajstić information content (AvgIpc) is 2.96. The van der Waals surface area contributed by atoms with Crippen LogP contribution in [0.4, 0.5) is 0 Å². The van der Waals surface area contributed by atoms with Crippen molar-refractivity contribution in [2.45, 2.75) is 32.2 Å². The zero-order valence-corrected chi connectivity index (χ0v) is 8.56. The second-order valence-corrected chi connectivity index (χ2v) is 3.94. The number of carboxylic acid groups (broad SMARTS) is 1. The van der Waals surface area contributed by atoms with Gasteiger partial charge < -0.3 is 10.4 Å². The van der Waals surface area contributed by atoms with Crippen LogP contribution in [0.1, 0.15) is 26.2 Å². The molecule has 0 aromatic carbocycles. The number of nitrogens with one attached hydrogen (secondary N) is 1. The molecule has 5 heteroatoms. The van der Waals surface area contributed by atoms with Crippen molar-refractivity contribution in [2.75, 3.05) is 0 Å². The van der Waals surface area contributed by atoms with Gasteiger partial charge in [0, 0.05) is 18.3 Å². The molecule has 0 heterocycles. The molecule has 0 unspecified atom stereocenters. The van der Waals surface area contributed by atoms with Crippen molar-refractivity contribution in [2.24, 2.45) is 11.8 Å². The van der Waals surface area contributed by atoms with Crippen molar-refractivity contribution in [3.05, 3.63) is 0 Å². The third-order valence-electron chi connectivity index (χ3n) is 2.49. The number of nitriles is 1. The second-order valence-electron chi connectivity index (χ2n) is 3.94. The number of hydrogen-bond donors (Lipinski definition) is 2. The molecule has 0 aromatic rings. The molecular weight excluding hydrogens is 196 g/mol. The average molecular weight is 210 g/mol. The van der Waals surface area contributed by atoms with Crippen LogP contribution in [0.5, 0.6) is 0 Å². The summed E-state index contributed by atoms with van der Waals surface area (Å²) in [4.78, 5) is 22.2. The Balaban J connectivity index is 2.53. The Morgan fingerprint density at radius 3 is 2.60 bits per heavy atom. The van der Waals surface area contributed by atoms with Gasteiger partial charge >= 0.3 is 5.97 Å². The van der Waals surface area contributed by atoms with E-state index in [2.05, 4.69) is 5.32 Å². The van der Waals surface area contributed by atoms with Gasteiger partial charge in [0.25, 0.3) is 0 Å². The normalized spacial score (nSPS) is 18.7. The molecule has 0 aliphatic heterocycles. The Bertz CT molecular complexity index is 304. The van der Waals surface area contributed by atoms with Crippen molar-refractivity contribution in [3.8, 4) is 6.07 Å². The molecule has 0 aromatic heterocycles. The van der Waals surface area contributed by atoms with E-state index < -0.39 is 12.0 Å². The SMILES string of the molecule is C[C@H](CC#N)[C@H](NC(=O)C1CC1)C(=O)O. The molecule has 5 nitrogen and oxygen atoms in total. The van der Waals surface area contributed by atoms with Crippen molar-refractivity contribution in [1.29, 1.82) is 5.26 Å². The summed E-state index contributed by atoms with van der Waals surface area (Å²) in [5.41, 5.74) is 0. The highest BCUT2D eigenvalue weighted by Crippen LogP contribution is 2.29. The highest BCUT2D eigenvalue weighted by atomic mass is 16.4. The number of carbonyl (C=O) groups is 2. The van der Waals surface area contributed by atoms with E-state index in [1.807, 2.05) is 6.07 Å². The number of amides is 1. The molecule has 2 atom stereocenters. The Morgan fingerprint density at radius 1 is 1.60 bits per heavy atom. The van der Waals surface area contributed by atoms with Gasteiger partial charge in [-0.05, 0) is 12.8 Å². The van der Waals surface area contributed by atoms with Crippen LogP contribution in [0.3, 0.4) is 0 Å². The van der Waals surface area contributed by atoms with Crippen LogP contribution in [0.15, 0.2) is 0 Å². The summed E-state index contributed by atoms with van der Waals surface area (Å²) in [5.74, 6) is -1.66. The fraction of sp³-hybridized carbons (Fsp3) is 0.700. The van der Waals surface area contributed by atoms with Crippen molar-refractivity contribution in [1.82, 2.24) is 5.32 Å². The van der Waals surface area contributed by atoms with Gasteiger partial charge in [-0.1, -0.05) is 6.92 Å². The van der Waals surface area contributed by atoms with Gasteiger partial charge in [-0.2, -0.15) is 5.26 Å². The Labute approximate surface area is 88.1 Å². The zero-order valence-electron chi connectivity index (χ0n) is 8.56. The van der Waals surface area contributed by atoms with Gasteiger partial charge in [0.05, 0.1) is 6.07 Å². The molecule has 0 spiro atoms. The summed E-state index contributed by atoms with van der Waals surface area (Å²) < 4.78 is 0. The lowest BCUT2D eigenvalue weighted by Gasteiger charge is -2.19. The lowest BCUT2D eigenvalue weighted by atomic mass is 9.99. The fourth-order valence-electron chi connectivity index (χ4n) is 1.33. The number of nitrogens with zero attached hydrogens (tertiary/aromatic N) is 1. The minimum absolute atomic E-state index is 0.0128. The monoisotopic (exact) mass is 210 g/mol. The van der Waals surface area contributed by atoms with E-state index in [1.165, 1.54) is 0 Å². The Morgan fingerprint density at radius 2 is 2.20 bits per heavy atom. The first-order valence-electron chi connectivity index (χ1n) is 4.96. The highest BCUT2D eigenvalue weighted by Gasteiger charge is 2.34. The van der Waals surface area contributed by atoms with Crippen molar-refractivity contribution in [3.63, 3.8) is 0 Å². The van der Waals surface area contributed by atoms with Crippen LogP contribution in [-0.2, 0) is 9.59 Å². The van der Waals surface area contributed by atoms with E-state index in [-0.39, 0.29) is 24.2 Å². The van der Waals surface area contributed by atoms with Crippen LogP contribution in [-0.4, -0.2) is 23.0 Å². The first kappa shape index (κ1) is 11.5. The minimum atomic E-state index is -1.08. The number of carboxylic acids is 1. The van der Waals surface area contributed by atoms with Crippen LogP contribution in [0, 0.1) is 23.2 Å². The van der Waals surface area contributed by atoms with Crippen LogP contribution in [0.2, 0.25) is 0 Å². The van der Waals surface area contributed by atoms with E-state index in [4.69, 9.17) is 10.4 Å². The van der Waals surface area contributed by atoms with E-state index >= 15 is 0 Å². The molecule has 15 heavy (non-hydrogen) atoms. The van der Waals surface area contributed by atoms with E-state index in [1.54, 1.807) is 6.92 Å². The van der Waals surface area contributed by atoms with Gasteiger partial charge in [-0.25, -0.2) is 4.79 Å². The summed E-state index contributed by atoms with van der Waals surface area (Å²) in [5, 5.41) is 19.8. The smallest absolute Gasteiger partial charge is 0.326 e. The van der Waals surface area contributed by atoms with Crippen molar-refractivity contribution >= 4 is 11.9 Å². The number of hydrogen-bond acceptors (Lipinski definition) is 3. The summed E-state index contributed by atoms with van der Waals surface area (Å²) in [6.07, 6.45) is 1.80. The maximum absolute atomic E-state index is 11.4. The Kier molecular flexibility index (Phi) is 3.67. The molecule has 0 radical (unpaired) electrons. The number of carbonyl (C=O) groups excluding carboxylic acids is 1. The predicted octanol–water partition coefficient (Wildman–Crippen LogP) is 0.516. The number of aliphatic carboxylic acids is 1. The molecule has 2 N–H and O–H groups in total. The van der Waals surface area contributed by atoms with Gasteiger partial charge in [0.15, 0.2) is 0 Å². The molecule has 1 rings (SSSR count). The molecule has 1 saturated carbocycles. The largest absolute Gasteiger partial charge is 0.480 e. The van der Waals surface area contributed by atoms with Crippen LogP contribution in [0.25, 0.3) is 0 Å². The van der Waals surface area contributed by atoms with Gasteiger partial charge in [0.1, 0.15) is 6.04 Å². The highest BCUT2D eigenvalue weighted by molar-refractivity contribution is 5.86. The molecule has 1 fully saturated rings. The maximum atomic E-state index is 11.4.